The van der Waals surface area contributed by atoms with Gasteiger partial charge in [-0.05, 0) is 31.0 Å². The molecule has 0 saturated carbocycles. The molecule has 0 saturated heterocycles. The fraction of sp³-hybridized carbons (Fsp3) is 0.357. The molecule has 0 aliphatic heterocycles. The summed E-state index contributed by atoms with van der Waals surface area (Å²) < 4.78 is 7.62. The van der Waals surface area contributed by atoms with E-state index in [2.05, 4.69) is 4.98 Å². The Kier molecular flexibility index (Phi) is 4.82. The topological polar surface area (TPSA) is 47.3 Å². The second-order valence-corrected chi connectivity index (χ2v) is 4.78. The average Bonchev–Trinajstić information content (AvgIpc) is 2.89. The molecule has 2 aromatic rings. The van der Waals surface area contributed by atoms with Gasteiger partial charge in [0.1, 0.15) is 5.75 Å². The van der Waals surface area contributed by atoms with Crippen LogP contribution in [-0.2, 0) is 6.54 Å². The van der Waals surface area contributed by atoms with Crippen LogP contribution in [0.15, 0.2) is 36.9 Å². The number of nitrogens with zero attached hydrogens (tertiary/aromatic N) is 2. The van der Waals surface area contributed by atoms with Gasteiger partial charge in [-0.25, -0.2) is 4.98 Å². The van der Waals surface area contributed by atoms with Crippen LogP contribution >= 0.6 is 11.6 Å². The Morgan fingerprint density at radius 3 is 2.95 bits per heavy atom. The molecule has 0 fully saturated rings. The molecule has 0 spiro atoms. The van der Waals surface area contributed by atoms with Crippen molar-refractivity contribution in [2.24, 2.45) is 0 Å². The standard InChI is InChI=1S/C14H17ClN2O2/c1-11(18)12-3-4-14(13(15)9-12)19-8-2-6-17-7-5-16-10-17/h3-5,7,9-11,18H,2,6,8H2,1H3/t11-/m0/s1. The van der Waals surface area contributed by atoms with Crippen LogP contribution in [0.1, 0.15) is 25.0 Å². The van der Waals surface area contributed by atoms with E-state index < -0.39 is 6.10 Å². The largest absolute Gasteiger partial charge is 0.492 e. The lowest BCUT2D eigenvalue weighted by atomic mass is 10.1. The fourth-order valence-electron chi connectivity index (χ4n) is 1.74. The van der Waals surface area contributed by atoms with Crippen molar-refractivity contribution in [3.63, 3.8) is 0 Å². The fourth-order valence-corrected chi connectivity index (χ4v) is 1.99. The number of aliphatic hydroxyl groups is 1. The predicted molar refractivity (Wildman–Crippen MR) is 74.4 cm³/mol. The van der Waals surface area contributed by atoms with E-state index in [1.807, 2.05) is 16.8 Å². The Morgan fingerprint density at radius 2 is 2.32 bits per heavy atom. The number of rotatable bonds is 6. The van der Waals surface area contributed by atoms with Crippen LogP contribution < -0.4 is 4.74 Å². The maximum Gasteiger partial charge on any atom is 0.137 e. The molecule has 1 aromatic carbocycles. The van der Waals surface area contributed by atoms with Crippen molar-refractivity contribution in [3.05, 3.63) is 47.5 Å². The van der Waals surface area contributed by atoms with E-state index in [4.69, 9.17) is 16.3 Å². The number of aromatic nitrogens is 2. The lowest BCUT2D eigenvalue weighted by molar-refractivity contribution is 0.199. The summed E-state index contributed by atoms with van der Waals surface area (Å²) in [5, 5.41) is 9.98. The Labute approximate surface area is 117 Å². The van der Waals surface area contributed by atoms with Crippen molar-refractivity contribution in [1.29, 1.82) is 0 Å². The van der Waals surface area contributed by atoms with Gasteiger partial charge in [-0.15, -0.1) is 0 Å². The first-order valence-corrected chi connectivity index (χ1v) is 6.60. The van der Waals surface area contributed by atoms with Crippen LogP contribution in [0.5, 0.6) is 5.75 Å². The van der Waals surface area contributed by atoms with Crippen LogP contribution in [0.25, 0.3) is 0 Å². The first-order valence-electron chi connectivity index (χ1n) is 6.23. The summed E-state index contributed by atoms with van der Waals surface area (Å²) in [6.07, 6.45) is 5.82. The number of hydrogen-bond donors (Lipinski definition) is 1. The van der Waals surface area contributed by atoms with Crippen molar-refractivity contribution in [3.8, 4) is 5.75 Å². The van der Waals surface area contributed by atoms with Crippen molar-refractivity contribution in [1.82, 2.24) is 9.55 Å². The van der Waals surface area contributed by atoms with Gasteiger partial charge in [0.2, 0.25) is 0 Å². The Bertz CT molecular complexity index is 512. The Morgan fingerprint density at radius 1 is 1.47 bits per heavy atom. The lowest BCUT2D eigenvalue weighted by Crippen LogP contribution is -2.03. The van der Waals surface area contributed by atoms with Crippen LogP contribution in [0.4, 0.5) is 0 Å². The molecule has 19 heavy (non-hydrogen) atoms. The smallest absolute Gasteiger partial charge is 0.137 e. The Hall–Kier alpha value is -1.52. The van der Waals surface area contributed by atoms with Crippen molar-refractivity contribution >= 4 is 11.6 Å². The molecule has 1 heterocycles. The van der Waals surface area contributed by atoms with Gasteiger partial charge in [0.15, 0.2) is 0 Å². The molecule has 0 amide bonds. The first-order chi connectivity index (χ1) is 9.16. The molecule has 4 nitrogen and oxygen atoms in total. The number of imidazole rings is 1. The van der Waals surface area contributed by atoms with Gasteiger partial charge in [-0.3, -0.25) is 0 Å². The summed E-state index contributed by atoms with van der Waals surface area (Å²) in [6.45, 7) is 3.16. The summed E-state index contributed by atoms with van der Waals surface area (Å²) in [7, 11) is 0. The Balaban J connectivity index is 1.82. The van der Waals surface area contributed by atoms with E-state index in [0.29, 0.717) is 17.4 Å². The molecule has 5 heteroatoms. The van der Waals surface area contributed by atoms with Gasteiger partial charge in [0.25, 0.3) is 0 Å². The molecular weight excluding hydrogens is 264 g/mol. The normalized spacial score (nSPS) is 12.4. The van der Waals surface area contributed by atoms with Crippen LogP contribution in [0.3, 0.4) is 0 Å². The zero-order valence-electron chi connectivity index (χ0n) is 10.8. The van der Waals surface area contributed by atoms with Gasteiger partial charge >= 0.3 is 0 Å². The van der Waals surface area contributed by atoms with E-state index in [1.165, 1.54) is 0 Å². The molecule has 0 radical (unpaired) electrons. The SMILES string of the molecule is C[C@H](O)c1ccc(OCCCn2ccnc2)c(Cl)c1. The van der Waals surface area contributed by atoms with Crippen molar-refractivity contribution in [2.45, 2.75) is 26.0 Å². The summed E-state index contributed by atoms with van der Waals surface area (Å²) in [6, 6.07) is 5.35. The minimum atomic E-state index is -0.521. The maximum absolute atomic E-state index is 9.45. The molecule has 0 unspecified atom stereocenters. The number of aryl methyl sites for hydroxylation is 1. The van der Waals surface area contributed by atoms with E-state index in [-0.39, 0.29) is 0 Å². The molecular formula is C14H17ClN2O2. The summed E-state index contributed by atoms with van der Waals surface area (Å²) >= 11 is 6.10. The van der Waals surface area contributed by atoms with E-state index in [1.54, 1.807) is 31.6 Å². The predicted octanol–water partition coefficient (Wildman–Crippen LogP) is 3.06. The number of benzene rings is 1. The zero-order valence-corrected chi connectivity index (χ0v) is 11.5. The minimum Gasteiger partial charge on any atom is -0.492 e. The molecule has 1 atom stereocenters. The molecule has 0 aliphatic rings. The third-order valence-electron chi connectivity index (χ3n) is 2.82. The molecule has 0 aliphatic carbocycles. The van der Waals surface area contributed by atoms with Gasteiger partial charge in [-0.1, -0.05) is 17.7 Å². The monoisotopic (exact) mass is 280 g/mol. The number of aliphatic hydroxyl groups excluding tert-OH is 1. The highest BCUT2D eigenvalue weighted by molar-refractivity contribution is 6.32. The van der Waals surface area contributed by atoms with Gasteiger partial charge < -0.3 is 14.4 Å². The number of hydrogen-bond acceptors (Lipinski definition) is 3. The minimum absolute atomic E-state index is 0.521. The lowest BCUT2D eigenvalue weighted by Gasteiger charge is -2.11. The van der Waals surface area contributed by atoms with E-state index in [0.717, 1.165) is 18.5 Å². The summed E-state index contributed by atoms with van der Waals surface area (Å²) in [5.41, 5.74) is 0.788. The van der Waals surface area contributed by atoms with Crippen LogP contribution in [0, 0.1) is 0 Å². The van der Waals surface area contributed by atoms with Crippen molar-refractivity contribution < 1.29 is 9.84 Å². The second-order valence-electron chi connectivity index (χ2n) is 4.37. The first kappa shape index (κ1) is 13.9. The van der Waals surface area contributed by atoms with Gasteiger partial charge in [-0.2, -0.15) is 0 Å². The number of halogens is 1. The third-order valence-corrected chi connectivity index (χ3v) is 3.11. The molecule has 1 aromatic heterocycles. The highest BCUT2D eigenvalue weighted by atomic mass is 35.5. The van der Waals surface area contributed by atoms with Crippen LogP contribution in [-0.4, -0.2) is 21.3 Å². The third kappa shape index (κ3) is 3.98. The van der Waals surface area contributed by atoms with Gasteiger partial charge in [0.05, 0.1) is 24.1 Å². The van der Waals surface area contributed by atoms with Gasteiger partial charge in [0, 0.05) is 18.9 Å². The average molecular weight is 281 g/mol. The second kappa shape index (κ2) is 6.59. The maximum atomic E-state index is 9.45. The van der Waals surface area contributed by atoms with E-state index in [9.17, 15) is 5.11 Å². The highest BCUT2D eigenvalue weighted by Gasteiger charge is 2.06. The summed E-state index contributed by atoms with van der Waals surface area (Å²) in [5.74, 6) is 0.650. The highest BCUT2D eigenvalue weighted by Crippen LogP contribution is 2.27. The number of ether oxygens (including phenoxy) is 1. The zero-order chi connectivity index (χ0) is 13.7. The van der Waals surface area contributed by atoms with Crippen LogP contribution in [0.2, 0.25) is 5.02 Å². The molecule has 1 N–H and O–H groups in total. The quantitative estimate of drug-likeness (QED) is 0.827. The van der Waals surface area contributed by atoms with E-state index >= 15 is 0 Å². The molecule has 2 rings (SSSR count). The molecule has 0 bridgehead atoms. The summed E-state index contributed by atoms with van der Waals surface area (Å²) in [4.78, 5) is 3.98. The van der Waals surface area contributed by atoms with Crippen molar-refractivity contribution in [2.75, 3.05) is 6.61 Å². The molecule has 102 valence electrons.